The summed E-state index contributed by atoms with van der Waals surface area (Å²) in [7, 11) is 3.12. The third kappa shape index (κ3) is 5.94. The fourth-order valence-electron chi connectivity index (χ4n) is 3.12. The number of nitro groups is 1. The molecule has 166 valence electrons. The van der Waals surface area contributed by atoms with Crippen molar-refractivity contribution in [2.75, 3.05) is 26.1 Å². The lowest BCUT2D eigenvalue weighted by Crippen LogP contribution is -2.36. The second kappa shape index (κ2) is 10.8. The number of pyridine rings is 1. The van der Waals surface area contributed by atoms with Crippen molar-refractivity contribution in [1.82, 2.24) is 9.88 Å². The van der Waals surface area contributed by atoms with E-state index in [1.165, 1.54) is 24.3 Å². The molecule has 0 aliphatic rings. The summed E-state index contributed by atoms with van der Waals surface area (Å²) in [5.41, 5.74) is 2.16. The van der Waals surface area contributed by atoms with Crippen molar-refractivity contribution >= 4 is 17.4 Å². The van der Waals surface area contributed by atoms with Gasteiger partial charge >= 0.3 is 6.03 Å². The van der Waals surface area contributed by atoms with E-state index >= 15 is 0 Å². The molecule has 3 rings (SSSR count). The molecule has 1 N–H and O–H groups in total. The van der Waals surface area contributed by atoms with Crippen LogP contribution in [0.25, 0.3) is 0 Å². The Balaban J connectivity index is 1.77. The van der Waals surface area contributed by atoms with Crippen LogP contribution in [0.2, 0.25) is 0 Å². The predicted octanol–water partition coefficient (Wildman–Crippen LogP) is 4.28. The van der Waals surface area contributed by atoms with Gasteiger partial charge in [0.2, 0.25) is 0 Å². The molecule has 0 saturated carbocycles. The summed E-state index contributed by atoms with van der Waals surface area (Å²) in [6, 6.07) is 16.5. The van der Waals surface area contributed by atoms with E-state index in [0.29, 0.717) is 36.7 Å². The summed E-state index contributed by atoms with van der Waals surface area (Å²) in [6.07, 6.45) is 2.28. The maximum Gasteiger partial charge on any atom is 0.322 e. The Kier molecular flexibility index (Phi) is 7.58. The molecule has 0 bridgehead atoms. The highest BCUT2D eigenvalue weighted by Gasteiger charge is 2.17. The Morgan fingerprint density at radius 3 is 2.44 bits per heavy atom. The number of amides is 2. The van der Waals surface area contributed by atoms with E-state index in [-0.39, 0.29) is 11.7 Å². The number of hydrogen-bond donors (Lipinski definition) is 1. The normalized spacial score (nSPS) is 10.3. The van der Waals surface area contributed by atoms with Crippen molar-refractivity contribution in [3.63, 3.8) is 0 Å². The molecule has 1 aromatic heterocycles. The van der Waals surface area contributed by atoms with Gasteiger partial charge in [-0.2, -0.15) is 0 Å². The lowest BCUT2D eigenvalue weighted by molar-refractivity contribution is -0.384. The minimum Gasteiger partial charge on any atom is -0.493 e. The lowest BCUT2D eigenvalue weighted by Gasteiger charge is -2.24. The molecule has 3 aromatic rings. The van der Waals surface area contributed by atoms with Gasteiger partial charge in [0, 0.05) is 49.2 Å². The summed E-state index contributed by atoms with van der Waals surface area (Å²) >= 11 is 0. The van der Waals surface area contributed by atoms with Gasteiger partial charge < -0.3 is 19.7 Å². The van der Waals surface area contributed by atoms with Crippen molar-refractivity contribution in [2.45, 2.75) is 13.0 Å². The van der Waals surface area contributed by atoms with E-state index in [2.05, 4.69) is 10.3 Å². The fourth-order valence-corrected chi connectivity index (χ4v) is 3.12. The minimum absolute atomic E-state index is 0.0414. The molecule has 0 radical (unpaired) electrons. The van der Waals surface area contributed by atoms with Crippen LogP contribution in [0.4, 0.5) is 16.2 Å². The average Bonchev–Trinajstić information content (AvgIpc) is 2.82. The topological polar surface area (TPSA) is 107 Å². The zero-order chi connectivity index (χ0) is 22.9. The van der Waals surface area contributed by atoms with Gasteiger partial charge in [0.25, 0.3) is 5.69 Å². The number of nitrogens with zero attached hydrogens (tertiary/aromatic N) is 3. The summed E-state index contributed by atoms with van der Waals surface area (Å²) in [5, 5.41) is 13.7. The molecule has 9 nitrogen and oxygen atoms in total. The molecular weight excluding hydrogens is 412 g/mol. The third-order valence-electron chi connectivity index (χ3n) is 4.80. The predicted molar refractivity (Wildman–Crippen MR) is 120 cm³/mol. The van der Waals surface area contributed by atoms with Crippen LogP contribution in [-0.4, -0.2) is 41.6 Å². The van der Waals surface area contributed by atoms with Gasteiger partial charge in [-0.1, -0.05) is 12.1 Å². The quantitative estimate of drug-likeness (QED) is 0.396. The summed E-state index contributed by atoms with van der Waals surface area (Å²) in [5.74, 6) is 1.18. The van der Waals surface area contributed by atoms with E-state index in [9.17, 15) is 14.9 Å². The number of anilines is 1. The highest BCUT2D eigenvalue weighted by atomic mass is 16.6. The third-order valence-corrected chi connectivity index (χ3v) is 4.80. The van der Waals surface area contributed by atoms with Crippen molar-refractivity contribution in [1.29, 1.82) is 0 Å². The van der Waals surface area contributed by atoms with Crippen molar-refractivity contribution in [3.8, 4) is 11.5 Å². The van der Waals surface area contributed by atoms with Crippen molar-refractivity contribution in [3.05, 3.63) is 88.2 Å². The van der Waals surface area contributed by atoms with Crippen molar-refractivity contribution < 1.29 is 19.2 Å². The Morgan fingerprint density at radius 2 is 1.81 bits per heavy atom. The molecular formula is C23H24N4O5. The van der Waals surface area contributed by atoms with Crippen LogP contribution in [0.15, 0.2) is 66.9 Å². The Bertz CT molecular complexity index is 1060. The number of rotatable bonds is 9. The summed E-state index contributed by atoms with van der Waals surface area (Å²) in [4.78, 5) is 29.4. The smallest absolute Gasteiger partial charge is 0.322 e. The van der Waals surface area contributed by atoms with E-state index in [0.717, 1.165) is 11.3 Å². The van der Waals surface area contributed by atoms with Gasteiger partial charge in [0.1, 0.15) is 0 Å². The van der Waals surface area contributed by atoms with Crippen LogP contribution in [0.3, 0.4) is 0 Å². The number of non-ortho nitro benzene ring substituents is 1. The molecule has 0 spiro atoms. The number of aromatic nitrogens is 1. The maximum atomic E-state index is 13.0. The Hall–Kier alpha value is -4.14. The molecule has 1 heterocycles. The number of ether oxygens (including phenoxy) is 2. The number of carbonyl (C=O) groups excluding carboxylic acids is 1. The highest BCUT2D eigenvalue weighted by Crippen LogP contribution is 2.28. The number of nitro benzene ring substituents is 1. The van der Waals surface area contributed by atoms with E-state index in [1.807, 2.05) is 30.3 Å². The first-order valence-electron chi connectivity index (χ1n) is 9.91. The number of nitrogens with one attached hydrogen (secondary N) is 1. The van der Waals surface area contributed by atoms with Crippen LogP contribution in [0, 0.1) is 10.1 Å². The summed E-state index contributed by atoms with van der Waals surface area (Å²) < 4.78 is 10.6. The van der Waals surface area contributed by atoms with Gasteiger partial charge in [0.05, 0.1) is 19.1 Å². The first-order chi connectivity index (χ1) is 15.5. The minimum atomic E-state index is -0.484. The fraction of sp³-hybridized carbons (Fsp3) is 0.217. The van der Waals surface area contributed by atoms with Crippen LogP contribution < -0.4 is 14.8 Å². The van der Waals surface area contributed by atoms with Gasteiger partial charge in [-0.25, -0.2) is 4.79 Å². The first kappa shape index (κ1) is 22.5. The van der Waals surface area contributed by atoms with Gasteiger partial charge in [-0.3, -0.25) is 15.1 Å². The molecule has 0 aliphatic carbocycles. The zero-order valence-electron chi connectivity index (χ0n) is 17.9. The van der Waals surface area contributed by atoms with Gasteiger partial charge in [0.15, 0.2) is 11.5 Å². The molecule has 0 aliphatic heterocycles. The molecule has 9 heteroatoms. The molecule has 2 aromatic carbocycles. The van der Waals surface area contributed by atoms with Crippen LogP contribution in [0.1, 0.15) is 11.3 Å². The van der Waals surface area contributed by atoms with Crippen LogP contribution >= 0.6 is 0 Å². The molecule has 2 amide bonds. The monoisotopic (exact) mass is 436 g/mol. The molecule has 0 unspecified atom stereocenters. The lowest BCUT2D eigenvalue weighted by atomic mass is 10.1. The highest BCUT2D eigenvalue weighted by molar-refractivity contribution is 5.89. The zero-order valence-corrected chi connectivity index (χ0v) is 17.9. The number of hydrogen-bond acceptors (Lipinski definition) is 6. The molecule has 0 saturated heterocycles. The molecule has 32 heavy (non-hydrogen) atoms. The average molecular weight is 436 g/mol. The number of carbonyl (C=O) groups is 1. The van der Waals surface area contributed by atoms with Crippen LogP contribution in [-0.2, 0) is 13.0 Å². The summed E-state index contributed by atoms with van der Waals surface area (Å²) in [6.45, 7) is 0.746. The van der Waals surface area contributed by atoms with E-state index in [1.54, 1.807) is 31.4 Å². The van der Waals surface area contributed by atoms with E-state index in [4.69, 9.17) is 9.47 Å². The van der Waals surface area contributed by atoms with E-state index < -0.39 is 4.92 Å². The van der Waals surface area contributed by atoms with Gasteiger partial charge in [-0.05, 0) is 42.0 Å². The molecule has 0 fully saturated rings. The SMILES string of the molecule is COc1ccc(CN(CCc2ccccn2)C(=O)Nc2ccc([N+](=O)[O-])cc2)cc1OC. The maximum absolute atomic E-state index is 13.0. The molecule has 0 atom stereocenters. The number of benzene rings is 2. The standard InChI is InChI=1S/C23H24N4O5/c1-31-21-11-6-17(15-22(21)32-2)16-26(14-12-18-5-3-4-13-24-18)23(28)25-19-7-9-20(10-8-19)27(29)30/h3-11,13,15H,12,14,16H2,1-2H3,(H,25,28). The van der Waals surface area contributed by atoms with Crippen LogP contribution in [0.5, 0.6) is 11.5 Å². The second-order valence-corrected chi connectivity index (χ2v) is 6.92. The number of methoxy groups -OCH3 is 2. The van der Waals surface area contributed by atoms with Gasteiger partial charge in [-0.15, -0.1) is 0 Å². The largest absolute Gasteiger partial charge is 0.493 e. The second-order valence-electron chi connectivity index (χ2n) is 6.92. The first-order valence-corrected chi connectivity index (χ1v) is 9.91. The number of urea groups is 1. The Morgan fingerprint density at radius 1 is 1.06 bits per heavy atom. The van der Waals surface area contributed by atoms with Crippen molar-refractivity contribution in [2.24, 2.45) is 0 Å². The Labute approximate surface area is 185 Å².